The van der Waals surface area contributed by atoms with Gasteiger partial charge in [0.15, 0.2) is 0 Å². The Labute approximate surface area is 129 Å². The Balaban J connectivity index is 2.45. The van der Waals surface area contributed by atoms with Crippen LogP contribution < -0.4 is 5.73 Å². The minimum Gasteiger partial charge on any atom is -0.327 e. The van der Waals surface area contributed by atoms with Gasteiger partial charge in [-0.15, -0.1) is 0 Å². The van der Waals surface area contributed by atoms with Crippen LogP contribution in [0, 0.1) is 20.8 Å². The summed E-state index contributed by atoms with van der Waals surface area (Å²) in [5.74, 6) is 0. The van der Waals surface area contributed by atoms with E-state index < -0.39 is 0 Å². The Morgan fingerprint density at radius 2 is 2.00 bits per heavy atom. The predicted molar refractivity (Wildman–Crippen MR) is 87.4 cm³/mol. The number of halogens is 1. The zero-order chi connectivity index (χ0) is 14.9. The SMILES string of the molecule is CCC(N)Cc1ccc(C)c(-n2nc(C)c(Br)c2C)c1. The first-order valence-corrected chi connectivity index (χ1v) is 7.80. The van der Waals surface area contributed by atoms with Crippen LogP contribution in [0.1, 0.15) is 35.9 Å². The Morgan fingerprint density at radius 3 is 2.55 bits per heavy atom. The van der Waals surface area contributed by atoms with Gasteiger partial charge in [0, 0.05) is 6.04 Å². The van der Waals surface area contributed by atoms with E-state index in [4.69, 9.17) is 5.73 Å². The van der Waals surface area contributed by atoms with Crippen molar-refractivity contribution in [2.24, 2.45) is 5.73 Å². The van der Waals surface area contributed by atoms with Crippen LogP contribution in [0.25, 0.3) is 5.69 Å². The van der Waals surface area contributed by atoms with Crippen LogP contribution >= 0.6 is 15.9 Å². The molecule has 4 heteroatoms. The third-order valence-electron chi connectivity index (χ3n) is 3.73. The van der Waals surface area contributed by atoms with Gasteiger partial charge in [0.1, 0.15) is 0 Å². The highest BCUT2D eigenvalue weighted by Gasteiger charge is 2.13. The molecule has 0 radical (unpaired) electrons. The van der Waals surface area contributed by atoms with Crippen LogP contribution in [0.3, 0.4) is 0 Å². The highest BCUT2D eigenvalue weighted by Crippen LogP contribution is 2.25. The Kier molecular flexibility index (Phi) is 4.66. The van der Waals surface area contributed by atoms with E-state index in [1.54, 1.807) is 0 Å². The average Bonchev–Trinajstić information content (AvgIpc) is 2.68. The fourth-order valence-corrected chi connectivity index (χ4v) is 2.56. The molecule has 2 N–H and O–H groups in total. The van der Waals surface area contributed by atoms with Gasteiger partial charge in [0.05, 0.1) is 21.5 Å². The minimum atomic E-state index is 0.220. The molecule has 2 rings (SSSR count). The lowest BCUT2D eigenvalue weighted by molar-refractivity contribution is 0.645. The maximum atomic E-state index is 6.06. The van der Waals surface area contributed by atoms with Crippen molar-refractivity contribution < 1.29 is 0 Å². The third kappa shape index (κ3) is 2.96. The molecule has 0 saturated heterocycles. The van der Waals surface area contributed by atoms with Gasteiger partial charge in [-0.1, -0.05) is 19.1 Å². The van der Waals surface area contributed by atoms with E-state index in [9.17, 15) is 0 Å². The number of rotatable bonds is 4. The lowest BCUT2D eigenvalue weighted by Gasteiger charge is -2.13. The van der Waals surface area contributed by atoms with Gasteiger partial charge in [-0.05, 0) is 66.7 Å². The molecule has 1 heterocycles. The van der Waals surface area contributed by atoms with Gasteiger partial charge in [-0.25, -0.2) is 4.68 Å². The molecule has 1 aromatic carbocycles. The van der Waals surface area contributed by atoms with Gasteiger partial charge >= 0.3 is 0 Å². The fourth-order valence-electron chi connectivity index (χ4n) is 2.32. The zero-order valence-corrected chi connectivity index (χ0v) is 14.2. The number of hydrogen-bond donors (Lipinski definition) is 1. The first-order chi connectivity index (χ1) is 9.43. The van der Waals surface area contributed by atoms with Crippen LogP contribution in [0.5, 0.6) is 0 Å². The fraction of sp³-hybridized carbons (Fsp3) is 0.438. The maximum absolute atomic E-state index is 6.06. The number of aryl methyl sites for hydroxylation is 2. The highest BCUT2D eigenvalue weighted by molar-refractivity contribution is 9.10. The molecule has 2 aromatic rings. The summed E-state index contributed by atoms with van der Waals surface area (Å²) >= 11 is 3.59. The second-order valence-corrected chi connectivity index (χ2v) is 6.18. The first kappa shape index (κ1) is 15.3. The van der Waals surface area contributed by atoms with Crippen molar-refractivity contribution in [1.82, 2.24) is 9.78 Å². The Bertz CT molecular complexity index is 616. The molecular formula is C16H22BrN3. The van der Waals surface area contributed by atoms with E-state index in [-0.39, 0.29) is 6.04 Å². The summed E-state index contributed by atoms with van der Waals surface area (Å²) in [4.78, 5) is 0. The monoisotopic (exact) mass is 335 g/mol. The molecule has 1 aromatic heterocycles. The van der Waals surface area contributed by atoms with Crippen LogP contribution in [-0.2, 0) is 6.42 Å². The summed E-state index contributed by atoms with van der Waals surface area (Å²) in [5, 5.41) is 4.62. The summed E-state index contributed by atoms with van der Waals surface area (Å²) in [5.41, 5.74) is 11.8. The van der Waals surface area contributed by atoms with Crippen molar-refractivity contribution in [2.75, 3.05) is 0 Å². The highest BCUT2D eigenvalue weighted by atomic mass is 79.9. The quantitative estimate of drug-likeness (QED) is 0.922. The van der Waals surface area contributed by atoms with E-state index in [1.165, 1.54) is 11.1 Å². The molecule has 1 atom stereocenters. The average molecular weight is 336 g/mol. The summed E-state index contributed by atoms with van der Waals surface area (Å²) in [7, 11) is 0. The van der Waals surface area contributed by atoms with Crippen LogP contribution in [0.2, 0.25) is 0 Å². The van der Waals surface area contributed by atoms with Gasteiger partial charge < -0.3 is 5.73 Å². The van der Waals surface area contributed by atoms with Crippen molar-refractivity contribution in [1.29, 1.82) is 0 Å². The second kappa shape index (κ2) is 6.10. The van der Waals surface area contributed by atoms with Crippen molar-refractivity contribution in [2.45, 2.75) is 46.6 Å². The topological polar surface area (TPSA) is 43.8 Å². The van der Waals surface area contributed by atoms with E-state index in [2.05, 4.69) is 60.0 Å². The standard InChI is InChI=1S/C16H22BrN3/c1-5-14(18)8-13-7-6-10(2)15(9-13)20-12(4)16(17)11(3)19-20/h6-7,9,14H,5,8,18H2,1-4H3. The molecule has 0 fully saturated rings. The largest absolute Gasteiger partial charge is 0.327 e. The molecule has 0 aliphatic heterocycles. The Hall–Kier alpha value is -1.13. The molecule has 0 amide bonds. The van der Waals surface area contributed by atoms with Crippen LogP contribution in [0.15, 0.2) is 22.7 Å². The molecular weight excluding hydrogens is 314 g/mol. The van der Waals surface area contributed by atoms with E-state index >= 15 is 0 Å². The maximum Gasteiger partial charge on any atom is 0.0743 e. The number of hydrogen-bond acceptors (Lipinski definition) is 2. The molecule has 0 spiro atoms. The van der Waals surface area contributed by atoms with Crippen molar-refractivity contribution in [3.63, 3.8) is 0 Å². The minimum absolute atomic E-state index is 0.220. The normalized spacial score (nSPS) is 12.7. The molecule has 108 valence electrons. The lowest BCUT2D eigenvalue weighted by Crippen LogP contribution is -2.21. The van der Waals surface area contributed by atoms with E-state index in [0.29, 0.717) is 0 Å². The van der Waals surface area contributed by atoms with Crippen molar-refractivity contribution >= 4 is 15.9 Å². The first-order valence-electron chi connectivity index (χ1n) is 7.01. The summed E-state index contributed by atoms with van der Waals surface area (Å²) in [6, 6.07) is 6.74. The molecule has 0 aliphatic carbocycles. The van der Waals surface area contributed by atoms with Crippen molar-refractivity contribution in [3.8, 4) is 5.69 Å². The van der Waals surface area contributed by atoms with Gasteiger partial charge in [0.25, 0.3) is 0 Å². The van der Waals surface area contributed by atoms with Crippen LogP contribution in [0.4, 0.5) is 0 Å². The predicted octanol–water partition coefficient (Wildman–Crippen LogP) is 3.84. The van der Waals surface area contributed by atoms with E-state index in [1.807, 2.05) is 11.6 Å². The summed E-state index contributed by atoms with van der Waals surface area (Å²) in [6.45, 7) is 8.33. The van der Waals surface area contributed by atoms with E-state index in [0.717, 1.165) is 34.4 Å². The van der Waals surface area contributed by atoms with Gasteiger partial charge in [-0.2, -0.15) is 5.10 Å². The molecule has 20 heavy (non-hydrogen) atoms. The smallest absolute Gasteiger partial charge is 0.0743 e. The molecule has 3 nitrogen and oxygen atoms in total. The number of nitrogens with zero attached hydrogens (tertiary/aromatic N) is 2. The molecule has 0 saturated carbocycles. The zero-order valence-electron chi connectivity index (χ0n) is 12.6. The van der Waals surface area contributed by atoms with Gasteiger partial charge in [0.2, 0.25) is 0 Å². The van der Waals surface area contributed by atoms with Crippen molar-refractivity contribution in [3.05, 3.63) is 45.2 Å². The second-order valence-electron chi connectivity index (χ2n) is 5.39. The van der Waals surface area contributed by atoms with Gasteiger partial charge in [-0.3, -0.25) is 0 Å². The summed E-state index contributed by atoms with van der Waals surface area (Å²) in [6.07, 6.45) is 1.90. The number of aromatic nitrogens is 2. The Morgan fingerprint density at radius 1 is 1.30 bits per heavy atom. The summed E-state index contributed by atoms with van der Waals surface area (Å²) < 4.78 is 3.09. The molecule has 1 unspecified atom stereocenters. The van der Waals surface area contributed by atoms with Crippen LogP contribution in [-0.4, -0.2) is 15.8 Å². The number of nitrogens with two attached hydrogens (primary N) is 1. The molecule has 0 bridgehead atoms. The lowest BCUT2D eigenvalue weighted by atomic mass is 10.0. The number of benzene rings is 1. The third-order valence-corrected chi connectivity index (χ3v) is 4.87. The molecule has 0 aliphatic rings.